The third-order valence-electron chi connectivity index (χ3n) is 4.15. The SMILES string of the molecule is CC.CO.O=CNc1ccc(-c2cccc3c2NCN(C(C=O)CO)C3=O)cc1. The van der Waals surface area contributed by atoms with Gasteiger partial charge in [-0.05, 0) is 23.8 Å². The van der Waals surface area contributed by atoms with E-state index >= 15 is 0 Å². The molecule has 0 saturated heterocycles. The molecule has 1 unspecified atom stereocenters. The summed E-state index contributed by atoms with van der Waals surface area (Å²) >= 11 is 0. The molecule has 2 amide bonds. The Hall–Kier alpha value is -3.23. The molecule has 1 heterocycles. The maximum Gasteiger partial charge on any atom is 0.258 e. The standard InChI is InChI=1S/C18H17N3O4.C2H6.CH4O/c22-8-14(9-23)21-10-19-17-15(2-1-3-16(17)18(21)25)12-4-6-13(7-5-12)20-11-24;2*1-2/h1-8,11,14,19,23H,9-10H2,(H,20,24);1-2H3;2H,1H3. The normalized spacial score (nSPS) is 12.7. The Kier molecular flexibility index (Phi) is 10.1. The summed E-state index contributed by atoms with van der Waals surface area (Å²) in [6.45, 7) is 3.72. The van der Waals surface area contributed by atoms with Crippen LogP contribution in [-0.4, -0.2) is 60.1 Å². The second kappa shape index (κ2) is 12.3. The molecule has 1 aliphatic rings. The highest BCUT2D eigenvalue weighted by Crippen LogP contribution is 2.34. The Balaban J connectivity index is 0.000000989. The van der Waals surface area contributed by atoms with Crippen LogP contribution in [0.4, 0.5) is 11.4 Å². The zero-order chi connectivity index (χ0) is 21.8. The van der Waals surface area contributed by atoms with E-state index in [4.69, 9.17) is 5.11 Å². The van der Waals surface area contributed by atoms with Crippen molar-refractivity contribution in [3.63, 3.8) is 0 Å². The fourth-order valence-electron chi connectivity index (χ4n) is 2.85. The molecular formula is C21H27N3O5. The molecule has 1 aliphatic heterocycles. The largest absolute Gasteiger partial charge is 0.400 e. The predicted molar refractivity (Wildman–Crippen MR) is 113 cm³/mol. The fraction of sp³-hybridized carbons (Fsp3) is 0.286. The molecule has 3 rings (SSSR count). The summed E-state index contributed by atoms with van der Waals surface area (Å²) in [5.74, 6) is -0.305. The average molecular weight is 401 g/mol. The van der Waals surface area contributed by atoms with E-state index in [1.54, 1.807) is 24.3 Å². The van der Waals surface area contributed by atoms with Crippen molar-refractivity contribution in [3.05, 3.63) is 48.0 Å². The maximum atomic E-state index is 12.7. The van der Waals surface area contributed by atoms with E-state index in [1.807, 2.05) is 32.0 Å². The molecule has 2 aromatic carbocycles. The van der Waals surface area contributed by atoms with E-state index in [9.17, 15) is 19.5 Å². The zero-order valence-electron chi connectivity index (χ0n) is 16.8. The lowest BCUT2D eigenvalue weighted by molar-refractivity contribution is -0.112. The van der Waals surface area contributed by atoms with Crippen molar-refractivity contribution >= 4 is 30.0 Å². The van der Waals surface area contributed by atoms with Gasteiger partial charge < -0.3 is 30.5 Å². The number of aliphatic hydroxyl groups excluding tert-OH is 2. The molecule has 0 radical (unpaired) electrons. The summed E-state index contributed by atoms with van der Waals surface area (Å²) in [7, 11) is 1.00. The molecule has 156 valence electrons. The molecule has 4 N–H and O–H groups in total. The zero-order valence-corrected chi connectivity index (χ0v) is 16.8. The number of amides is 2. The number of hydrogen-bond acceptors (Lipinski definition) is 6. The van der Waals surface area contributed by atoms with E-state index in [1.165, 1.54) is 4.90 Å². The predicted octanol–water partition coefficient (Wildman–Crippen LogP) is 1.94. The summed E-state index contributed by atoms with van der Waals surface area (Å²) in [4.78, 5) is 35.5. The lowest BCUT2D eigenvalue weighted by Crippen LogP contribution is -2.48. The number of aldehydes is 1. The van der Waals surface area contributed by atoms with Gasteiger partial charge in [0.2, 0.25) is 6.41 Å². The summed E-state index contributed by atoms with van der Waals surface area (Å²) in [5.41, 5.74) is 3.53. The van der Waals surface area contributed by atoms with Gasteiger partial charge in [-0.2, -0.15) is 0 Å². The molecule has 0 aromatic heterocycles. The molecule has 8 heteroatoms. The van der Waals surface area contributed by atoms with Gasteiger partial charge in [0, 0.05) is 18.4 Å². The first-order valence-electron chi connectivity index (χ1n) is 9.19. The summed E-state index contributed by atoms with van der Waals surface area (Å²) in [6.07, 6.45) is 1.17. The van der Waals surface area contributed by atoms with Gasteiger partial charge in [-0.3, -0.25) is 9.59 Å². The lowest BCUT2D eigenvalue weighted by atomic mass is 9.97. The van der Waals surface area contributed by atoms with Crippen LogP contribution in [0.15, 0.2) is 42.5 Å². The number of aliphatic hydroxyl groups is 2. The van der Waals surface area contributed by atoms with Gasteiger partial charge in [-0.1, -0.05) is 38.1 Å². The molecule has 1 atom stereocenters. The molecule has 0 aliphatic carbocycles. The van der Waals surface area contributed by atoms with Crippen LogP contribution < -0.4 is 10.6 Å². The Morgan fingerprint density at radius 1 is 1.10 bits per heavy atom. The summed E-state index contributed by atoms with van der Waals surface area (Å²) in [5, 5.41) is 22.0. The molecule has 2 aromatic rings. The molecule has 0 bridgehead atoms. The minimum absolute atomic E-state index is 0.137. The number of rotatable bonds is 6. The van der Waals surface area contributed by atoms with Crippen LogP contribution in [0.3, 0.4) is 0 Å². The number of hydrogen-bond donors (Lipinski definition) is 4. The van der Waals surface area contributed by atoms with Crippen molar-refractivity contribution < 1.29 is 24.6 Å². The molecular weight excluding hydrogens is 374 g/mol. The summed E-state index contributed by atoms with van der Waals surface area (Å²) < 4.78 is 0. The monoisotopic (exact) mass is 401 g/mol. The van der Waals surface area contributed by atoms with Gasteiger partial charge in [-0.25, -0.2) is 0 Å². The first-order chi connectivity index (χ1) is 14.2. The Bertz CT molecular complexity index is 808. The van der Waals surface area contributed by atoms with E-state index in [0.29, 0.717) is 29.6 Å². The second-order valence-corrected chi connectivity index (χ2v) is 5.56. The number of fused-ring (bicyclic) bond motifs is 1. The van der Waals surface area contributed by atoms with Crippen LogP contribution in [0, 0.1) is 0 Å². The number of benzene rings is 2. The van der Waals surface area contributed by atoms with Gasteiger partial charge in [-0.15, -0.1) is 0 Å². The molecule has 8 nitrogen and oxygen atoms in total. The average Bonchev–Trinajstić information content (AvgIpc) is 2.79. The van der Waals surface area contributed by atoms with Gasteiger partial charge in [0.15, 0.2) is 0 Å². The number of nitrogens with one attached hydrogen (secondary N) is 2. The smallest absolute Gasteiger partial charge is 0.258 e. The number of carbonyl (C=O) groups is 3. The highest BCUT2D eigenvalue weighted by Gasteiger charge is 2.30. The number of para-hydroxylation sites is 1. The van der Waals surface area contributed by atoms with E-state index in [0.717, 1.165) is 18.2 Å². The third kappa shape index (κ3) is 5.40. The first-order valence-corrected chi connectivity index (χ1v) is 9.19. The molecule has 0 fully saturated rings. The number of nitrogens with zero attached hydrogens (tertiary/aromatic N) is 1. The van der Waals surface area contributed by atoms with Crippen molar-refractivity contribution in [1.82, 2.24) is 4.90 Å². The van der Waals surface area contributed by atoms with Crippen LogP contribution in [0.5, 0.6) is 0 Å². The Morgan fingerprint density at radius 2 is 1.72 bits per heavy atom. The Morgan fingerprint density at radius 3 is 2.28 bits per heavy atom. The number of carbonyl (C=O) groups excluding carboxylic acids is 3. The Labute approximate surface area is 170 Å². The van der Waals surface area contributed by atoms with Crippen LogP contribution in [0.1, 0.15) is 24.2 Å². The minimum Gasteiger partial charge on any atom is -0.400 e. The number of anilines is 2. The van der Waals surface area contributed by atoms with Crippen molar-refractivity contribution in [3.8, 4) is 11.1 Å². The quantitative estimate of drug-likeness (QED) is 0.549. The molecule has 0 saturated carbocycles. The fourth-order valence-corrected chi connectivity index (χ4v) is 2.85. The van der Waals surface area contributed by atoms with Crippen molar-refractivity contribution in [1.29, 1.82) is 0 Å². The third-order valence-corrected chi connectivity index (χ3v) is 4.15. The first kappa shape index (κ1) is 23.8. The van der Waals surface area contributed by atoms with E-state index < -0.39 is 12.6 Å². The minimum atomic E-state index is -0.870. The van der Waals surface area contributed by atoms with Crippen LogP contribution >= 0.6 is 0 Å². The molecule has 29 heavy (non-hydrogen) atoms. The van der Waals surface area contributed by atoms with Crippen molar-refractivity contribution in [2.24, 2.45) is 0 Å². The van der Waals surface area contributed by atoms with Crippen LogP contribution in [-0.2, 0) is 9.59 Å². The van der Waals surface area contributed by atoms with Gasteiger partial charge in [0.25, 0.3) is 5.91 Å². The van der Waals surface area contributed by atoms with Crippen LogP contribution in [0.25, 0.3) is 11.1 Å². The van der Waals surface area contributed by atoms with Gasteiger partial charge >= 0.3 is 0 Å². The lowest BCUT2D eigenvalue weighted by Gasteiger charge is -2.33. The van der Waals surface area contributed by atoms with E-state index in [2.05, 4.69) is 10.6 Å². The van der Waals surface area contributed by atoms with E-state index in [-0.39, 0.29) is 12.6 Å². The molecule has 0 spiro atoms. The van der Waals surface area contributed by atoms with Crippen molar-refractivity contribution in [2.75, 3.05) is 31.0 Å². The topological polar surface area (TPSA) is 119 Å². The second-order valence-electron chi connectivity index (χ2n) is 5.56. The van der Waals surface area contributed by atoms with Gasteiger partial charge in [0.05, 0.1) is 24.5 Å². The summed E-state index contributed by atoms with van der Waals surface area (Å²) in [6, 6.07) is 11.7. The van der Waals surface area contributed by atoms with Gasteiger partial charge in [0.1, 0.15) is 12.3 Å². The highest BCUT2D eigenvalue weighted by molar-refractivity contribution is 6.05. The van der Waals surface area contributed by atoms with Crippen molar-refractivity contribution in [2.45, 2.75) is 19.9 Å². The maximum absolute atomic E-state index is 12.7. The highest BCUT2D eigenvalue weighted by atomic mass is 16.3. The van der Waals surface area contributed by atoms with Crippen LogP contribution in [0.2, 0.25) is 0 Å².